The van der Waals surface area contributed by atoms with Gasteiger partial charge in [-0.25, -0.2) is 9.13 Å². The number of phosphoric ester groups is 2. The second kappa shape index (κ2) is 65.9. The van der Waals surface area contributed by atoms with E-state index in [4.69, 9.17) is 37.0 Å². The maximum atomic E-state index is 13.0. The summed E-state index contributed by atoms with van der Waals surface area (Å²) in [7, 11) is -9.94. The van der Waals surface area contributed by atoms with Gasteiger partial charge < -0.3 is 33.8 Å². The minimum absolute atomic E-state index is 0.0890. The third-order valence-corrected chi connectivity index (χ3v) is 16.8. The lowest BCUT2D eigenvalue weighted by atomic mass is 10.1. The van der Waals surface area contributed by atoms with E-state index < -0.39 is 97.5 Å². The monoisotopic (exact) mass is 1340 g/mol. The van der Waals surface area contributed by atoms with Gasteiger partial charge in [-0.1, -0.05) is 260 Å². The van der Waals surface area contributed by atoms with Crippen LogP contribution in [0.5, 0.6) is 0 Å². The number of aliphatic hydroxyl groups excluding tert-OH is 1. The van der Waals surface area contributed by atoms with Gasteiger partial charge in [0.25, 0.3) is 0 Å². The van der Waals surface area contributed by atoms with Crippen LogP contribution in [0, 0.1) is 0 Å². The van der Waals surface area contributed by atoms with Crippen molar-refractivity contribution in [2.24, 2.45) is 0 Å². The molecule has 0 spiro atoms. The first-order valence-corrected chi connectivity index (χ1v) is 38.8. The number of allylic oxidation sites excluding steroid dienone is 14. The van der Waals surface area contributed by atoms with Crippen molar-refractivity contribution < 1.29 is 80.2 Å². The Morgan fingerprint density at radius 1 is 0.315 bits per heavy atom. The van der Waals surface area contributed by atoms with Crippen LogP contribution in [0.1, 0.15) is 297 Å². The molecule has 3 N–H and O–H groups in total. The molecular formula is C73H128O17P2. The summed E-state index contributed by atoms with van der Waals surface area (Å²) in [5.74, 6) is -2.23. The number of phosphoric acid groups is 2. The van der Waals surface area contributed by atoms with Crippen LogP contribution in [0.25, 0.3) is 0 Å². The highest BCUT2D eigenvalue weighted by molar-refractivity contribution is 7.47. The average molecular weight is 1340 g/mol. The quantitative estimate of drug-likeness (QED) is 0.0169. The molecule has 0 rings (SSSR count). The lowest BCUT2D eigenvalue weighted by Gasteiger charge is -2.21. The van der Waals surface area contributed by atoms with Crippen LogP contribution in [0.15, 0.2) is 85.1 Å². The number of esters is 4. The first-order valence-electron chi connectivity index (χ1n) is 35.8. The molecule has 19 heteroatoms. The van der Waals surface area contributed by atoms with Gasteiger partial charge in [-0.05, 0) is 96.3 Å². The molecule has 17 nitrogen and oxygen atoms in total. The SMILES string of the molecule is CC/C=C\C/C=C\C/C=C\C/C=C\CCCCC(=O)OCC(COP(=O)(O)OCC(O)COP(=O)(O)OCC(COC(=O)CCCCCCC/C=C\C/C=C\C/C=C\CC)OC(=O)CCCCCCCCCCCCC)OC(=O)CCCCCCCCCCCCC. The zero-order valence-corrected chi connectivity index (χ0v) is 59.5. The zero-order valence-electron chi connectivity index (χ0n) is 57.7. The molecule has 0 radical (unpaired) electrons. The molecule has 0 saturated carbocycles. The van der Waals surface area contributed by atoms with Crippen molar-refractivity contribution in [1.29, 1.82) is 0 Å². The van der Waals surface area contributed by atoms with Crippen molar-refractivity contribution >= 4 is 39.5 Å². The highest BCUT2D eigenvalue weighted by Gasteiger charge is 2.30. The number of carbonyl (C=O) groups excluding carboxylic acids is 4. The molecule has 92 heavy (non-hydrogen) atoms. The molecule has 5 atom stereocenters. The molecule has 0 fully saturated rings. The predicted octanol–water partition coefficient (Wildman–Crippen LogP) is 19.9. The fraction of sp³-hybridized carbons (Fsp3) is 0.753. The van der Waals surface area contributed by atoms with Crippen LogP contribution in [-0.2, 0) is 65.4 Å². The topological polar surface area (TPSA) is 237 Å². The summed E-state index contributed by atoms with van der Waals surface area (Å²) in [6, 6.07) is 0. The molecule has 0 saturated heterocycles. The van der Waals surface area contributed by atoms with E-state index in [0.29, 0.717) is 25.7 Å². The van der Waals surface area contributed by atoms with Gasteiger partial charge in [-0.3, -0.25) is 37.3 Å². The van der Waals surface area contributed by atoms with Gasteiger partial charge in [0.15, 0.2) is 12.2 Å². The number of carbonyl (C=O) groups is 4. The highest BCUT2D eigenvalue weighted by atomic mass is 31.2. The Bertz CT molecular complexity index is 2090. The van der Waals surface area contributed by atoms with E-state index in [1.54, 1.807) is 0 Å². The fourth-order valence-electron chi connectivity index (χ4n) is 9.46. The molecule has 0 aromatic carbocycles. The number of ether oxygens (including phenoxy) is 4. The standard InChI is InChI=1S/C73H128O17P2/c1-5-9-13-17-21-25-29-31-33-35-39-41-45-49-53-57-70(75)83-63-68(89-72(77)59-55-51-47-43-37-27-23-19-15-11-7-3)65-87-91(79,80)85-61-67(74)62-86-92(81,82)88-66-69(90-73(78)60-56-52-48-44-38-28-24-20-16-12-8-4)64-84-71(76)58-54-50-46-42-40-36-34-32-30-26-22-18-14-10-6-2/h9-10,13-14,21-22,25-26,31-34,39,41,67-69,74H,5-8,11-12,15-20,23-24,27-30,35-38,40,42-66H2,1-4H3,(H,79,80)(H,81,82)/b13-9-,14-10-,25-21-,26-22-,33-31-,34-32-,41-39-. The number of hydrogen-bond acceptors (Lipinski definition) is 15. The minimum Gasteiger partial charge on any atom is -0.462 e. The zero-order chi connectivity index (χ0) is 67.5. The van der Waals surface area contributed by atoms with Gasteiger partial charge in [0, 0.05) is 25.7 Å². The third kappa shape index (κ3) is 64.9. The van der Waals surface area contributed by atoms with Crippen LogP contribution in [0.2, 0.25) is 0 Å². The Labute approximate surface area is 557 Å². The first kappa shape index (κ1) is 88.2. The molecule has 0 heterocycles. The molecule has 532 valence electrons. The number of aliphatic hydroxyl groups is 1. The summed E-state index contributed by atoms with van der Waals surface area (Å²) in [5, 5.41) is 10.6. The van der Waals surface area contributed by atoms with E-state index >= 15 is 0 Å². The van der Waals surface area contributed by atoms with Gasteiger partial charge in [-0.15, -0.1) is 0 Å². The highest BCUT2D eigenvalue weighted by Crippen LogP contribution is 2.45. The summed E-state index contributed by atoms with van der Waals surface area (Å²) < 4.78 is 68.2. The van der Waals surface area contributed by atoms with Crippen LogP contribution in [0.4, 0.5) is 0 Å². The van der Waals surface area contributed by atoms with E-state index in [0.717, 1.165) is 141 Å². The maximum absolute atomic E-state index is 13.0. The summed E-state index contributed by atoms with van der Waals surface area (Å²) in [6.45, 7) is 4.57. The summed E-state index contributed by atoms with van der Waals surface area (Å²) in [5.41, 5.74) is 0. The Balaban J connectivity index is 5.33. The Hall–Kier alpha value is -3.76. The van der Waals surface area contributed by atoms with Crippen molar-refractivity contribution in [3.63, 3.8) is 0 Å². The first-order chi connectivity index (χ1) is 44.7. The van der Waals surface area contributed by atoms with Crippen molar-refractivity contribution in [2.45, 2.75) is 316 Å². The van der Waals surface area contributed by atoms with Crippen molar-refractivity contribution in [1.82, 2.24) is 0 Å². The molecule has 0 aromatic heterocycles. The van der Waals surface area contributed by atoms with Gasteiger partial charge in [0.2, 0.25) is 0 Å². The number of unbranched alkanes of at least 4 members (excludes halogenated alkanes) is 27. The molecule has 0 aliphatic rings. The van der Waals surface area contributed by atoms with E-state index in [2.05, 4.69) is 113 Å². The summed E-state index contributed by atoms with van der Waals surface area (Å²) in [6.07, 6.45) is 64.6. The van der Waals surface area contributed by atoms with E-state index in [1.165, 1.54) is 77.0 Å². The predicted molar refractivity (Wildman–Crippen MR) is 372 cm³/mol. The Kier molecular flexibility index (Phi) is 63.2. The van der Waals surface area contributed by atoms with Gasteiger partial charge in [-0.2, -0.15) is 0 Å². The lowest BCUT2D eigenvalue weighted by molar-refractivity contribution is -0.161. The summed E-state index contributed by atoms with van der Waals surface area (Å²) >= 11 is 0. The van der Waals surface area contributed by atoms with Gasteiger partial charge in [0.1, 0.15) is 19.3 Å². The van der Waals surface area contributed by atoms with E-state index in [9.17, 15) is 43.2 Å². The van der Waals surface area contributed by atoms with Crippen LogP contribution in [-0.4, -0.2) is 96.7 Å². The normalized spacial score (nSPS) is 14.6. The number of hydrogen-bond donors (Lipinski definition) is 3. The Morgan fingerprint density at radius 3 is 0.891 bits per heavy atom. The molecule has 0 aliphatic carbocycles. The van der Waals surface area contributed by atoms with Crippen molar-refractivity contribution in [3.8, 4) is 0 Å². The molecule has 5 unspecified atom stereocenters. The average Bonchev–Trinajstić information content (AvgIpc) is 2.55. The van der Waals surface area contributed by atoms with Gasteiger partial charge >= 0.3 is 39.5 Å². The van der Waals surface area contributed by atoms with Crippen molar-refractivity contribution in [3.05, 3.63) is 85.1 Å². The largest absolute Gasteiger partial charge is 0.472 e. The van der Waals surface area contributed by atoms with Crippen LogP contribution in [0.3, 0.4) is 0 Å². The van der Waals surface area contributed by atoms with Crippen LogP contribution >= 0.6 is 15.6 Å². The summed E-state index contributed by atoms with van der Waals surface area (Å²) in [4.78, 5) is 72.5. The Morgan fingerprint density at radius 2 is 0.565 bits per heavy atom. The minimum atomic E-state index is -4.97. The van der Waals surface area contributed by atoms with Gasteiger partial charge in [0.05, 0.1) is 26.4 Å². The lowest BCUT2D eigenvalue weighted by Crippen LogP contribution is -2.30. The second-order valence-corrected chi connectivity index (χ2v) is 26.7. The fourth-order valence-corrected chi connectivity index (χ4v) is 11.0. The maximum Gasteiger partial charge on any atom is 0.472 e. The molecule has 0 aliphatic heterocycles. The number of rotatable bonds is 67. The van der Waals surface area contributed by atoms with E-state index in [1.807, 2.05) is 0 Å². The molecule has 0 amide bonds. The van der Waals surface area contributed by atoms with Crippen LogP contribution < -0.4 is 0 Å². The molecule has 0 bridgehead atoms. The van der Waals surface area contributed by atoms with Crippen molar-refractivity contribution in [2.75, 3.05) is 39.6 Å². The second-order valence-electron chi connectivity index (χ2n) is 23.8. The molecular weight excluding hydrogens is 1210 g/mol. The molecule has 0 aromatic rings. The third-order valence-electron chi connectivity index (χ3n) is 14.9. The smallest absolute Gasteiger partial charge is 0.462 e. The van der Waals surface area contributed by atoms with E-state index in [-0.39, 0.29) is 25.7 Å².